The Bertz CT molecular complexity index is 557. The summed E-state index contributed by atoms with van der Waals surface area (Å²) in [7, 11) is 0. The van der Waals surface area contributed by atoms with Gasteiger partial charge in [0.05, 0.1) is 22.1 Å². The van der Waals surface area contributed by atoms with Gasteiger partial charge in [0.15, 0.2) is 0 Å². The van der Waals surface area contributed by atoms with Crippen LogP contribution in [0, 0.1) is 5.92 Å². The van der Waals surface area contributed by atoms with E-state index in [9.17, 15) is 0 Å². The molecule has 3 nitrogen and oxygen atoms in total. The van der Waals surface area contributed by atoms with E-state index in [4.69, 9.17) is 17.3 Å². The maximum Gasteiger partial charge on any atom is 0.127 e. The highest BCUT2D eigenvalue weighted by Gasteiger charge is 2.22. The number of para-hydroxylation sites is 1. The van der Waals surface area contributed by atoms with Gasteiger partial charge in [-0.2, -0.15) is 0 Å². The lowest BCUT2D eigenvalue weighted by atomic mass is 10.0. The molecule has 0 saturated heterocycles. The second kappa shape index (κ2) is 4.90. The van der Waals surface area contributed by atoms with Crippen LogP contribution in [0.4, 0.5) is 0 Å². The topological polar surface area (TPSA) is 43.8 Å². The van der Waals surface area contributed by atoms with E-state index in [0.29, 0.717) is 5.92 Å². The average molecular weight is 266 g/mol. The minimum absolute atomic E-state index is 0.0733. The van der Waals surface area contributed by atoms with Crippen molar-refractivity contribution in [2.45, 2.75) is 39.8 Å². The third-order valence-corrected chi connectivity index (χ3v) is 3.53. The number of nitrogens with two attached hydrogens (primary N) is 1. The molecule has 0 spiro atoms. The normalized spacial score (nSPS) is 13.8. The maximum absolute atomic E-state index is 6.30. The predicted molar refractivity (Wildman–Crippen MR) is 76.9 cm³/mol. The molecule has 0 amide bonds. The number of nitrogens with zero attached hydrogens (tertiary/aromatic N) is 2. The summed E-state index contributed by atoms with van der Waals surface area (Å²) in [5, 5.41) is 0.732. The summed E-state index contributed by atoms with van der Waals surface area (Å²) in [4.78, 5) is 4.67. The number of imidazole rings is 1. The van der Waals surface area contributed by atoms with Crippen LogP contribution >= 0.6 is 11.6 Å². The van der Waals surface area contributed by atoms with E-state index in [0.717, 1.165) is 21.9 Å². The molecule has 0 aliphatic heterocycles. The Hall–Kier alpha value is -1.06. The summed E-state index contributed by atoms with van der Waals surface area (Å²) >= 11 is 6.30. The van der Waals surface area contributed by atoms with Crippen molar-refractivity contribution in [2.24, 2.45) is 11.7 Å². The highest BCUT2D eigenvalue weighted by Crippen LogP contribution is 2.31. The first-order valence-corrected chi connectivity index (χ1v) is 6.73. The molecular weight excluding hydrogens is 246 g/mol. The summed E-state index contributed by atoms with van der Waals surface area (Å²) in [5.74, 6) is 1.26. The zero-order valence-electron chi connectivity index (χ0n) is 11.3. The standard InChI is InChI=1S/C14H20ClN3/c1-8(2)12(16)14-17-11-7-5-6-10(15)13(11)18(14)9(3)4/h5-9,12H,16H2,1-4H3. The van der Waals surface area contributed by atoms with E-state index in [1.165, 1.54) is 0 Å². The van der Waals surface area contributed by atoms with Gasteiger partial charge in [0, 0.05) is 6.04 Å². The fraction of sp³-hybridized carbons (Fsp3) is 0.500. The van der Waals surface area contributed by atoms with Gasteiger partial charge in [-0.1, -0.05) is 31.5 Å². The Morgan fingerprint density at radius 3 is 2.44 bits per heavy atom. The molecule has 1 unspecified atom stereocenters. The molecule has 0 aliphatic rings. The molecule has 0 radical (unpaired) electrons. The van der Waals surface area contributed by atoms with Crippen LogP contribution in [0.5, 0.6) is 0 Å². The number of fused-ring (bicyclic) bond motifs is 1. The number of rotatable bonds is 3. The lowest BCUT2D eigenvalue weighted by Crippen LogP contribution is -2.22. The van der Waals surface area contributed by atoms with E-state index >= 15 is 0 Å². The molecule has 2 rings (SSSR count). The number of hydrogen-bond donors (Lipinski definition) is 1. The first kappa shape index (κ1) is 13.4. The Labute approximate surface area is 113 Å². The molecule has 0 bridgehead atoms. The lowest BCUT2D eigenvalue weighted by molar-refractivity contribution is 0.453. The zero-order chi connectivity index (χ0) is 13.4. The van der Waals surface area contributed by atoms with Crippen LogP contribution < -0.4 is 5.73 Å². The van der Waals surface area contributed by atoms with Crippen LogP contribution in [-0.4, -0.2) is 9.55 Å². The lowest BCUT2D eigenvalue weighted by Gasteiger charge is -2.20. The van der Waals surface area contributed by atoms with Crippen molar-refractivity contribution < 1.29 is 0 Å². The number of hydrogen-bond acceptors (Lipinski definition) is 2. The average Bonchev–Trinajstić information content (AvgIpc) is 2.68. The van der Waals surface area contributed by atoms with E-state index in [1.54, 1.807) is 0 Å². The molecule has 0 aliphatic carbocycles. The van der Waals surface area contributed by atoms with Gasteiger partial charge in [-0.25, -0.2) is 4.98 Å². The van der Waals surface area contributed by atoms with Gasteiger partial charge >= 0.3 is 0 Å². The predicted octanol–water partition coefficient (Wildman–Crippen LogP) is 3.93. The summed E-state index contributed by atoms with van der Waals surface area (Å²) in [6.07, 6.45) is 0. The van der Waals surface area contributed by atoms with E-state index < -0.39 is 0 Å². The van der Waals surface area contributed by atoms with E-state index in [2.05, 4.69) is 37.2 Å². The van der Waals surface area contributed by atoms with Crippen LogP contribution in [-0.2, 0) is 0 Å². The minimum atomic E-state index is -0.0733. The summed E-state index contributed by atoms with van der Waals surface area (Å²) < 4.78 is 2.16. The molecule has 4 heteroatoms. The van der Waals surface area contributed by atoms with Gasteiger partial charge in [0.25, 0.3) is 0 Å². The largest absolute Gasteiger partial charge is 0.323 e. The van der Waals surface area contributed by atoms with Gasteiger partial charge in [0.2, 0.25) is 0 Å². The van der Waals surface area contributed by atoms with Crippen molar-refractivity contribution in [2.75, 3.05) is 0 Å². The van der Waals surface area contributed by atoms with Crippen molar-refractivity contribution in [3.8, 4) is 0 Å². The van der Waals surface area contributed by atoms with Crippen LogP contribution in [0.25, 0.3) is 11.0 Å². The summed E-state index contributed by atoms with van der Waals surface area (Å²) in [6.45, 7) is 8.47. The molecule has 2 N–H and O–H groups in total. The summed E-state index contributed by atoms with van der Waals surface area (Å²) in [5.41, 5.74) is 8.17. The SMILES string of the molecule is CC(C)C(N)c1nc2cccc(Cl)c2n1C(C)C. The second-order valence-corrected chi connectivity index (χ2v) is 5.72. The summed E-state index contributed by atoms with van der Waals surface area (Å²) in [6, 6.07) is 6.02. The van der Waals surface area contributed by atoms with Crippen molar-refractivity contribution in [3.05, 3.63) is 29.0 Å². The zero-order valence-corrected chi connectivity index (χ0v) is 12.1. The van der Waals surface area contributed by atoms with Gasteiger partial charge in [-0.15, -0.1) is 0 Å². The van der Waals surface area contributed by atoms with Gasteiger partial charge in [0.1, 0.15) is 5.82 Å². The first-order valence-electron chi connectivity index (χ1n) is 6.35. The number of halogens is 1. The van der Waals surface area contributed by atoms with E-state index in [1.807, 2.05) is 18.2 Å². The van der Waals surface area contributed by atoms with E-state index in [-0.39, 0.29) is 12.1 Å². The highest BCUT2D eigenvalue weighted by molar-refractivity contribution is 6.35. The minimum Gasteiger partial charge on any atom is -0.323 e. The molecule has 1 aromatic carbocycles. The number of benzene rings is 1. The molecule has 0 saturated carbocycles. The molecule has 1 atom stereocenters. The Morgan fingerprint density at radius 2 is 1.89 bits per heavy atom. The van der Waals surface area contributed by atoms with Crippen molar-refractivity contribution in [3.63, 3.8) is 0 Å². The molecule has 18 heavy (non-hydrogen) atoms. The monoisotopic (exact) mass is 265 g/mol. The van der Waals surface area contributed by atoms with Crippen molar-refractivity contribution >= 4 is 22.6 Å². The van der Waals surface area contributed by atoms with Crippen LogP contribution in [0.1, 0.15) is 45.6 Å². The van der Waals surface area contributed by atoms with Gasteiger partial charge < -0.3 is 10.3 Å². The van der Waals surface area contributed by atoms with Gasteiger partial charge in [-0.3, -0.25) is 0 Å². The molecule has 1 aromatic heterocycles. The Kier molecular flexibility index (Phi) is 3.64. The Balaban J connectivity index is 2.74. The molecule has 2 aromatic rings. The van der Waals surface area contributed by atoms with Crippen LogP contribution in [0.15, 0.2) is 18.2 Å². The quantitative estimate of drug-likeness (QED) is 0.914. The third-order valence-electron chi connectivity index (χ3n) is 3.22. The van der Waals surface area contributed by atoms with Crippen LogP contribution in [0.2, 0.25) is 5.02 Å². The smallest absolute Gasteiger partial charge is 0.127 e. The maximum atomic E-state index is 6.30. The van der Waals surface area contributed by atoms with Crippen molar-refractivity contribution in [1.82, 2.24) is 9.55 Å². The number of aromatic nitrogens is 2. The Morgan fingerprint density at radius 1 is 1.22 bits per heavy atom. The first-order chi connectivity index (χ1) is 8.43. The van der Waals surface area contributed by atoms with Gasteiger partial charge in [-0.05, 0) is 31.9 Å². The third kappa shape index (κ3) is 2.13. The van der Waals surface area contributed by atoms with Crippen molar-refractivity contribution in [1.29, 1.82) is 0 Å². The molecule has 98 valence electrons. The second-order valence-electron chi connectivity index (χ2n) is 5.31. The highest BCUT2D eigenvalue weighted by atomic mass is 35.5. The fourth-order valence-corrected chi connectivity index (χ4v) is 2.44. The molecule has 0 fully saturated rings. The van der Waals surface area contributed by atoms with Crippen LogP contribution in [0.3, 0.4) is 0 Å². The fourth-order valence-electron chi connectivity index (χ4n) is 2.18. The molecule has 1 heterocycles. The molecular formula is C14H20ClN3.